The number of anilines is 1. The van der Waals surface area contributed by atoms with Gasteiger partial charge in [-0.2, -0.15) is 0 Å². The Morgan fingerprint density at radius 3 is 2.64 bits per heavy atom. The second-order valence-corrected chi connectivity index (χ2v) is 7.56. The van der Waals surface area contributed by atoms with Crippen molar-refractivity contribution in [1.29, 1.82) is 0 Å². The second-order valence-electron chi connectivity index (χ2n) is 6.44. The number of rotatable bonds is 2. The van der Waals surface area contributed by atoms with E-state index < -0.39 is 0 Å². The maximum Gasteiger partial charge on any atom is 0.0544 e. The molecule has 2 aromatic rings. The minimum absolute atomic E-state index is 0.662. The van der Waals surface area contributed by atoms with E-state index in [1.165, 1.54) is 35.0 Å². The number of fused-ring (bicyclic) bond motifs is 3. The molecule has 22 heavy (non-hydrogen) atoms. The van der Waals surface area contributed by atoms with Crippen LogP contribution in [-0.2, 0) is 0 Å². The van der Waals surface area contributed by atoms with Crippen LogP contribution in [0.3, 0.4) is 0 Å². The zero-order valence-corrected chi connectivity index (χ0v) is 14.0. The standard InChI is InChI=1S/C19H22N2S/c1-20-12-11-17-16(13-20)15-9-6-10-18(19(15)21(17)2)22-14-7-4-3-5-8-14/h3-10,16-17H,11-13H2,1-2H3. The van der Waals surface area contributed by atoms with Gasteiger partial charge in [0.05, 0.1) is 5.69 Å². The van der Waals surface area contributed by atoms with Crippen LogP contribution in [-0.4, -0.2) is 38.1 Å². The van der Waals surface area contributed by atoms with Crippen LogP contribution in [0.1, 0.15) is 17.9 Å². The van der Waals surface area contributed by atoms with E-state index >= 15 is 0 Å². The van der Waals surface area contributed by atoms with Gasteiger partial charge in [0.15, 0.2) is 0 Å². The highest BCUT2D eigenvalue weighted by Gasteiger charge is 2.40. The minimum Gasteiger partial charge on any atom is -0.370 e. The van der Waals surface area contributed by atoms with Crippen LogP contribution in [0.15, 0.2) is 58.3 Å². The van der Waals surface area contributed by atoms with E-state index in [-0.39, 0.29) is 0 Å². The number of nitrogens with zero attached hydrogens (tertiary/aromatic N) is 2. The molecular formula is C19H22N2S. The number of likely N-dealkylation sites (N-methyl/N-ethyl adjacent to an activating group) is 2. The van der Waals surface area contributed by atoms with Gasteiger partial charge < -0.3 is 9.80 Å². The third kappa shape index (κ3) is 2.33. The molecule has 2 atom stereocenters. The van der Waals surface area contributed by atoms with Crippen molar-refractivity contribution in [3.05, 3.63) is 54.1 Å². The molecule has 0 bridgehead atoms. The van der Waals surface area contributed by atoms with E-state index in [0.717, 1.165) is 0 Å². The van der Waals surface area contributed by atoms with Gasteiger partial charge in [0, 0.05) is 35.3 Å². The summed E-state index contributed by atoms with van der Waals surface area (Å²) in [6, 6.07) is 18.2. The summed E-state index contributed by atoms with van der Waals surface area (Å²) in [5.74, 6) is 0.662. The maximum atomic E-state index is 2.54. The van der Waals surface area contributed by atoms with Crippen LogP contribution < -0.4 is 4.90 Å². The molecule has 0 radical (unpaired) electrons. The van der Waals surface area contributed by atoms with E-state index in [0.29, 0.717) is 12.0 Å². The third-order valence-corrected chi connectivity index (χ3v) is 6.09. The van der Waals surface area contributed by atoms with E-state index in [4.69, 9.17) is 0 Å². The van der Waals surface area contributed by atoms with Crippen molar-refractivity contribution in [2.45, 2.75) is 28.2 Å². The third-order valence-electron chi connectivity index (χ3n) is 5.03. The molecule has 1 fully saturated rings. The first-order chi connectivity index (χ1) is 10.7. The van der Waals surface area contributed by atoms with E-state index in [2.05, 4.69) is 72.4 Å². The highest BCUT2D eigenvalue weighted by Crippen LogP contribution is 2.48. The molecule has 2 aromatic carbocycles. The van der Waals surface area contributed by atoms with E-state index in [1.54, 1.807) is 5.56 Å². The second kappa shape index (κ2) is 5.64. The minimum atomic E-state index is 0.662. The first kappa shape index (κ1) is 14.2. The molecule has 2 unspecified atom stereocenters. The quantitative estimate of drug-likeness (QED) is 0.825. The molecule has 0 aliphatic carbocycles. The average molecular weight is 310 g/mol. The summed E-state index contributed by atoms with van der Waals surface area (Å²) in [7, 11) is 4.53. The highest BCUT2D eigenvalue weighted by molar-refractivity contribution is 7.99. The monoisotopic (exact) mass is 310 g/mol. The normalized spacial score (nSPS) is 24.2. The first-order valence-corrected chi connectivity index (χ1v) is 8.83. The molecule has 2 aliphatic rings. The molecule has 0 saturated carbocycles. The summed E-state index contributed by atoms with van der Waals surface area (Å²) in [5, 5.41) is 0. The van der Waals surface area contributed by atoms with Crippen molar-refractivity contribution in [3.63, 3.8) is 0 Å². The average Bonchev–Trinajstić information content (AvgIpc) is 2.82. The maximum absolute atomic E-state index is 2.54. The molecule has 2 nitrogen and oxygen atoms in total. The largest absolute Gasteiger partial charge is 0.370 e. The summed E-state index contributed by atoms with van der Waals surface area (Å²) >= 11 is 1.89. The smallest absolute Gasteiger partial charge is 0.0544 e. The molecular weight excluding hydrogens is 288 g/mol. The van der Waals surface area contributed by atoms with Crippen LogP contribution in [0.25, 0.3) is 0 Å². The first-order valence-electron chi connectivity index (χ1n) is 8.01. The van der Waals surface area contributed by atoms with Crippen LogP contribution >= 0.6 is 11.8 Å². The number of hydrogen-bond acceptors (Lipinski definition) is 3. The van der Waals surface area contributed by atoms with E-state index in [9.17, 15) is 0 Å². The lowest BCUT2D eigenvalue weighted by Gasteiger charge is -2.35. The van der Waals surface area contributed by atoms with Crippen LogP contribution in [0, 0.1) is 0 Å². The van der Waals surface area contributed by atoms with Crippen molar-refractivity contribution in [1.82, 2.24) is 4.90 Å². The van der Waals surface area contributed by atoms with Gasteiger partial charge in [-0.05, 0) is 43.8 Å². The van der Waals surface area contributed by atoms with Crippen LogP contribution in [0.4, 0.5) is 5.69 Å². The molecule has 0 aromatic heterocycles. The molecule has 0 spiro atoms. The predicted molar refractivity (Wildman–Crippen MR) is 94.1 cm³/mol. The van der Waals surface area contributed by atoms with E-state index in [1.807, 2.05) is 11.8 Å². The fraction of sp³-hybridized carbons (Fsp3) is 0.368. The number of likely N-dealkylation sites (tertiary alicyclic amines) is 1. The highest BCUT2D eigenvalue weighted by atomic mass is 32.2. The van der Waals surface area contributed by atoms with Crippen molar-refractivity contribution >= 4 is 17.4 Å². The molecule has 114 valence electrons. The lowest BCUT2D eigenvalue weighted by molar-refractivity contribution is 0.234. The fourth-order valence-electron chi connectivity index (χ4n) is 3.95. The topological polar surface area (TPSA) is 6.48 Å². The Kier molecular flexibility index (Phi) is 3.63. The van der Waals surface area contributed by atoms with Gasteiger partial charge >= 0.3 is 0 Å². The lowest BCUT2D eigenvalue weighted by atomic mass is 9.89. The Hall–Kier alpha value is -1.45. The molecule has 1 saturated heterocycles. The Bertz CT molecular complexity index is 670. The van der Waals surface area contributed by atoms with Gasteiger partial charge in [0.2, 0.25) is 0 Å². The van der Waals surface area contributed by atoms with Gasteiger partial charge in [0.25, 0.3) is 0 Å². The molecule has 2 aliphatic heterocycles. The van der Waals surface area contributed by atoms with Crippen LogP contribution in [0.2, 0.25) is 0 Å². The Balaban J connectivity index is 1.72. The van der Waals surface area contributed by atoms with Crippen LogP contribution in [0.5, 0.6) is 0 Å². The van der Waals surface area contributed by atoms with Crippen molar-refractivity contribution in [2.24, 2.45) is 0 Å². The summed E-state index contributed by atoms with van der Waals surface area (Å²) < 4.78 is 0. The van der Waals surface area contributed by atoms with Gasteiger partial charge in [-0.1, -0.05) is 42.1 Å². The summed E-state index contributed by atoms with van der Waals surface area (Å²) in [4.78, 5) is 7.72. The van der Waals surface area contributed by atoms with Gasteiger partial charge in [0.1, 0.15) is 0 Å². The molecule has 3 heteroatoms. The Morgan fingerprint density at radius 2 is 1.82 bits per heavy atom. The van der Waals surface area contributed by atoms with Crippen molar-refractivity contribution in [3.8, 4) is 0 Å². The molecule has 4 rings (SSSR count). The molecule has 0 N–H and O–H groups in total. The summed E-state index contributed by atoms with van der Waals surface area (Å²) in [6.07, 6.45) is 1.27. The summed E-state index contributed by atoms with van der Waals surface area (Å²) in [6.45, 7) is 2.39. The van der Waals surface area contributed by atoms with Gasteiger partial charge in [-0.3, -0.25) is 0 Å². The zero-order chi connectivity index (χ0) is 15.1. The fourth-order valence-corrected chi connectivity index (χ4v) is 5.00. The zero-order valence-electron chi connectivity index (χ0n) is 13.2. The van der Waals surface area contributed by atoms with Crippen molar-refractivity contribution in [2.75, 3.05) is 32.1 Å². The number of hydrogen-bond donors (Lipinski definition) is 0. The SMILES string of the molecule is CN1CCC2C(C1)c1cccc(Sc3ccccc3)c1N2C. The number of benzene rings is 2. The Labute approximate surface area is 137 Å². The molecule has 2 heterocycles. The molecule has 0 amide bonds. The van der Waals surface area contributed by atoms with Gasteiger partial charge in [-0.15, -0.1) is 0 Å². The number of piperidine rings is 1. The summed E-state index contributed by atoms with van der Waals surface area (Å²) in [5.41, 5.74) is 3.00. The predicted octanol–water partition coefficient (Wildman–Crippen LogP) is 4.08. The van der Waals surface area contributed by atoms with Gasteiger partial charge in [-0.25, -0.2) is 0 Å². The van der Waals surface area contributed by atoms with Crippen molar-refractivity contribution < 1.29 is 0 Å². The Morgan fingerprint density at radius 1 is 1.00 bits per heavy atom. The number of para-hydroxylation sites is 1. The lowest BCUT2D eigenvalue weighted by Crippen LogP contribution is -2.43.